The van der Waals surface area contributed by atoms with E-state index in [1.807, 2.05) is 0 Å². The minimum Gasteiger partial charge on any atom is -0.465 e. The van der Waals surface area contributed by atoms with Crippen molar-refractivity contribution in [2.24, 2.45) is 0 Å². The molecule has 124 valence electrons. The van der Waals surface area contributed by atoms with Crippen molar-refractivity contribution in [3.63, 3.8) is 0 Å². The van der Waals surface area contributed by atoms with Gasteiger partial charge in [0, 0.05) is 38.8 Å². The van der Waals surface area contributed by atoms with Gasteiger partial charge in [0.1, 0.15) is 0 Å². The number of nitrogens with zero attached hydrogens (tertiary/aromatic N) is 3. The zero-order valence-electron chi connectivity index (χ0n) is 13.2. The number of hydrogen-bond donors (Lipinski definition) is 0. The first-order valence-electron chi connectivity index (χ1n) is 6.50. The van der Waals surface area contributed by atoms with Crippen LogP contribution in [0.3, 0.4) is 0 Å². The molecule has 0 heterocycles. The molecule has 0 N–H and O–H groups in total. The van der Waals surface area contributed by atoms with Gasteiger partial charge in [-0.25, -0.2) is 4.79 Å². The molecule has 23 heavy (non-hydrogen) atoms. The third-order valence-electron chi connectivity index (χ3n) is 3.01. The van der Waals surface area contributed by atoms with Gasteiger partial charge in [0.2, 0.25) is 5.91 Å². The van der Waals surface area contributed by atoms with Gasteiger partial charge in [-0.1, -0.05) is 0 Å². The number of nitro benzene ring substituents is 1. The summed E-state index contributed by atoms with van der Waals surface area (Å²) in [6.07, 6.45) is 0. The molecular formula is C14H17N3O6. The summed E-state index contributed by atoms with van der Waals surface area (Å²) in [5, 5.41) is 10.9. The van der Waals surface area contributed by atoms with Crippen LogP contribution in [0.1, 0.15) is 20.7 Å². The van der Waals surface area contributed by atoms with Crippen LogP contribution in [-0.2, 0) is 9.53 Å². The van der Waals surface area contributed by atoms with E-state index in [1.165, 1.54) is 18.0 Å². The Hall–Kier alpha value is -2.97. The van der Waals surface area contributed by atoms with Gasteiger partial charge < -0.3 is 14.5 Å². The van der Waals surface area contributed by atoms with Crippen LogP contribution in [0.4, 0.5) is 5.69 Å². The molecule has 0 unspecified atom stereocenters. The van der Waals surface area contributed by atoms with E-state index >= 15 is 0 Å². The Bertz CT molecular complexity index is 656. The van der Waals surface area contributed by atoms with Crippen LogP contribution in [0, 0.1) is 10.1 Å². The predicted octanol–water partition coefficient (Wildman–Crippen LogP) is 0.542. The average molecular weight is 323 g/mol. The van der Waals surface area contributed by atoms with Crippen LogP contribution < -0.4 is 0 Å². The van der Waals surface area contributed by atoms with Gasteiger partial charge in [-0.15, -0.1) is 0 Å². The molecule has 0 aliphatic rings. The zero-order chi connectivity index (χ0) is 17.7. The second-order valence-electron chi connectivity index (χ2n) is 4.97. The number of non-ortho nitro benzene ring substituents is 1. The van der Waals surface area contributed by atoms with Gasteiger partial charge in [0.05, 0.1) is 24.1 Å². The number of nitro groups is 1. The highest BCUT2D eigenvalue weighted by atomic mass is 16.6. The summed E-state index contributed by atoms with van der Waals surface area (Å²) in [4.78, 5) is 48.2. The first-order valence-corrected chi connectivity index (χ1v) is 6.50. The lowest BCUT2D eigenvalue weighted by Gasteiger charge is -2.19. The van der Waals surface area contributed by atoms with Crippen LogP contribution in [0.2, 0.25) is 0 Å². The number of methoxy groups -OCH3 is 1. The first kappa shape index (κ1) is 18.1. The lowest BCUT2D eigenvalue weighted by Crippen LogP contribution is -2.37. The van der Waals surface area contributed by atoms with Crippen LogP contribution in [-0.4, -0.2) is 67.3 Å². The largest absolute Gasteiger partial charge is 0.465 e. The van der Waals surface area contributed by atoms with Gasteiger partial charge in [-0.2, -0.15) is 0 Å². The number of hydrogen-bond acceptors (Lipinski definition) is 6. The lowest BCUT2D eigenvalue weighted by molar-refractivity contribution is -0.384. The zero-order valence-corrected chi connectivity index (χ0v) is 13.2. The highest BCUT2D eigenvalue weighted by molar-refractivity contribution is 6.00. The number of rotatable bonds is 5. The van der Waals surface area contributed by atoms with Crippen molar-refractivity contribution in [3.05, 3.63) is 39.4 Å². The minimum atomic E-state index is -0.797. The van der Waals surface area contributed by atoms with Crippen molar-refractivity contribution in [3.8, 4) is 0 Å². The molecule has 0 spiro atoms. The summed E-state index contributed by atoms with van der Waals surface area (Å²) >= 11 is 0. The molecule has 0 aliphatic heterocycles. The standard InChI is InChI=1S/C14H17N3O6/c1-15(2)12(18)8-16(3)13(19)9-5-10(14(20)23-4)7-11(6-9)17(21)22/h5-7H,8H2,1-4H3. The van der Waals surface area contributed by atoms with Crippen LogP contribution in [0.25, 0.3) is 0 Å². The molecule has 9 nitrogen and oxygen atoms in total. The Balaban J connectivity index is 3.17. The quantitative estimate of drug-likeness (QED) is 0.444. The van der Waals surface area contributed by atoms with Gasteiger partial charge in [0.15, 0.2) is 0 Å². The SMILES string of the molecule is COC(=O)c1cc(C(=O)N(C)CC(=O)N(C)C)cc([N+](=O)[O-])c1. The maximum atomic E-state index is 12.3. The summed E-state index contributed by atoms with van der Waals surface area (Å²) in [7, 11) is 5.61. The fraction of sp³-hybridized carbons (Fsp3) is 0.357. The highest BCUT2D eigenvalue weighted by Gasteiger charge is 2.21. The monoisotopic (exact) mass is 323 g/mol. The molecule has 1 aromatic carbocycles. The van der Waals surface area contributed by atoms with Crippen molar-refractivity contribution in [1.82, 2.24) is 9.80 Å². The summed E-state index contributed by atoms with van der Waals surface area (Å²) in [5.74, 6) is -1.72. The molecule has 0 saturated heterocycles. The molecular weight excluding hydrogens is 306 g/mol. The highest BCUT2D eigenvalue weighted by Crippen LogP contribution is 2.19. The van der Waals surface area contributed by atoms with E-state index in [0.717, 1.165) is 24.1 Å². The molecule has 2 amide bonds. The molecule has 9 heteroatoms. The second kappa shape index (κ2) is 7.34. The number of esters is 1. The van der Waals surface area contributed by atoms with Crippen LogP contribution >= 0.6 is 0 Å². The van der Waals surface area contributed by atoms with Crippen molar-refractivity contribution >= 4 is 23.5 Å². The Kier molecular flexibility index (Phi) is 5.77. The fourth-order valence-electron chi connectivity index (χ4n) is 1.71. The number of carbonyl (C=O) groups is 3. The Morgan fingerprint density at radius 2 is 1.70 bits per heavy atom. The van der Waals surface area contributed by atoms with Crippen molar-refractivity contribution in [1.29, 1.82) is 0 Å². The van der Waals surface area contributed by atoms with Gasteiger partial charge in [-0.05, 0) is 6.07 Å². The molecule has 0 bridgehead atoms. The average Bonchev–Trinajstić information content (AvgIpc) is 2.52. The fourth-order valence-corrected chi connectivity index (χ4v) is 1.71. The van der Waals surface area contributed by atoms with Gasteiger partial charge in [0.25, 0.3) is 11.6 Å². The lowest BCUT2D eigenvalue weighted by atomic mass is 10.1. The maximum Gasteiger partial charge on any atom is 0.338 e. The van der Waals surface area contributed by atoms with E-state index in [2.05, 4.69) is 4.74 Å². The third kappa shape index (κ3) is 4.50. The molecule has 0 radical (unpaired) electrons. The van der Waals surface area contributed by atoms with Crippen LogP contribution in [0.5, 0.6) is 0 Å². The molecule has 1 rings (SSSR count). The predicted molar refractivity (Wildman–Crippen MR) is 80.1 cm³/mol. The van der Waals surface area contributed by atoms with Crippen molar-refractivity contribution in [2.45, 2.75) is 0 Å². The van der Waals surface area contributed by atoms with Gasteiger partial charge in [-0.3, -0.25) is 19.7 Å². The van der Waals surface area contributed by atoms with E-state index in [9.17, 15) is 24.5 Å². The molecule has 0 aliphatic carbocycles. The normalized spacial score (nSPS) is 9.91. The number of carbonyl (C=O) groups excluding carboxylic acids is 3. The van der Waals surface area contributed by atoms with Crippen molar-refractivity contribution in [2.75, 3.05) is 34.8 Å². The number of amides is 2. The van der Waals surface area contributed by atoms with E-state index < -0.39 is 22.5 Å². The molecule has 0 saturated carbocycles. The smallest absolute Gasteiger partial charge is 0.338 e. The Morgan fingerprint density at radius 3 is 2.17 bits per heavy atom. The summed E-state index contributed by atoms with van der Waals surface area (Å²) in [5.41, 5.74) is -0.602. The van der Waals surface area contributed by atoms with Gasteiger partial charge >= 0.3 is 5.97 Å². The van der Waals surface area contributed by atoms with E-state index in [0.29, 0.717) is 0 Å². The number of ether oxygens (including phenoxy) is 1. The molecule has 0 atom stereocenters. The summed E-state index contributed by atoms with van der Waals surface area (Å²) in [6.45, 7) is -0.192. The number of likely N-dealkylation sites (N-methyl/N-ethyl adjacent to an activating group) is 2. The van der Waals surface area contributed by atoms with E-state index in [1.54, 1.807) is 14.1 Å². The minimum absolute atomic E-state index is 0.0753. The summed E-state index contributed by atoms with van der Waals surface area (Å²) < 4.78 is 4.52. The molecule has 0 fully saturated rings. The van der Waals surface area contributed by atoms with Crippen LogP contribution in [0.15, 0.2) is 18.2 Å². The van der Waals surface area contributed by atoms with E-state index in [4.69, 9.17) is 0 Å². The third-order valence-corrected chi connectivity index (χ3v) is 3.01. The summed E-state index contributed by atoms with van der Waals surface area (Å²) in [6, 6.07) is 3.26. The topological polar surface area (TPSA) is 110 Å². The van der Waals surface area contributed by atoms with Crippen molar-refractivity contribution < 1.29 is 24.0 Å². The molecule has 0 aromatic heterocycles. The first-order chi connectivity index (χ1) is 10.7. The Morgan fingerprint density at radius 1 is 1.13 bits per heavy atom. The van der Waals surface area contributed by atoms with E-state index in [-0.39, 0.29) is 23.6 Å². The second-order valence-corrected chi connectivity index (χ2v) is 4.97. The maximum absolute atomic E-state index is 12.3. The number of benzene rings is 1. The Labute approximate surface area is 132 Å². The molecule has 1 aromatic rings.